The number of piperidine rings is 1. The molecule has 4 atom stereocenters. The van der Waals surface area contributed by atoms with Crippen molar-refractivity contribution in [1.29, 1.82) is 0 Å². The molecule has 0 unspecified atom stereocenters. The van der Waals surface area contributed by atoms with Crippen molar-refractivity contribution in [3.8, 4) is 0 Å². The lowest BCUT2D eigenvalue weighted by molar-refractivity contribution is -0.146. The van der Waals surface area contributed by atoms with Gasteiger partial charge >= 0.3 is 12.0 Å². The number of hydrogen-bond donors (Lipinski definition) is 5. The summed E-state index contributed by atoms with van der Waals surface area (Å²) in [6, 6.07) is 11.6. The number of rotatable bonds is 20. The van der Waals surface area contributed by atoms with Crippen LogP contribution < -0.4 is 27.0 Å². The smallest absolute Gasteiger partial charge is 0.312 e. The molecular formula is C40H51ClN6O8S. The summed E-state index contributed by atoms with van der Waals surface area (Å²) in [5.74, 6) is -4.16. The van der Waals surface area contributed by atoms with Crippen LogP contribution in [0, 0.1) is 12.8 Å². The van der Waals surface area contributed by atoms with E-state index in [0.29, 0.717) is 25.7 Å². The number of fused-ring (bicyclic) bond motifs is 1. The number of methoxy groups -OCH3 is 1. The SMILES string of the molecule is COC(=O)CC[C@H](NC(=O)CCl)C(=O)N1CCCC[C@H]1C(=O)N[C@@H](Cc1csc2ccccc12)C(=O)C[C@@H](CCCNC(N)=O)C(=O)NCc1ccc(C)cc1. The first-order valence-corrected chi connectivity index (χ1v) is 20.2. The average molecular weight is 811 g/mol. The molecule has 0 radical (unpaired) electrons. The van der Waals surface area contributed by atoms with Gasteiger partial charge in [0.1, 0.15) is 18.0 Å². The molecule has 0 saturated carbocycles. The van der Waals surface area contributed by atoms with Gasteiger partial charge in [0.15, 0.2) is 5.78 Å². The van der Waals surface area contributed by atoms with Crippen molar-refractivity contribution in [3.05, 3.63) is 70.6 Å². The third kappa shape index (κ3) is 13.0. The van der Waals surface area contributed by atoms with Crippen LogP contribution in [-0.2, 0) is 46.5 Å². The molecule has 1 aromatic heterocycles. The first-order valence-electron chi connectivity index (χ1n) is 18.8. The van der Waals surface area contributed by atoms with E-state index in [4.69, 9.17) is 22.1 Å². The monoisotopic (exact) mass is 810 g/mol. The van der Waals surface area contributed by atoms with E-state index in [1.165, 1.54) is 23.3 Å². The lowest BCUT2D eigenvalue weighted by atomic mass is 9.90. The third-order valence-electron chi connectivity index (χ3n) is 9.83. The molecule has 2 aromatic carbocycles. The number of alkyl halides is 1. The topological polar surface area (TPSA) is 206 Å². The van der Waals surface area contributed by atoms with Crippen LogP contribution >= 0.6 is 22.9 Å². The number of hydrogen-bond acceptors (Lipinski definition) is 9. The fraction of sp³-hybridized carbons (Fsp3) is 0.475. The number of urea groups is 1. The van der Waals surface area contributed by atoms with Crippen LogP contribution in [0.25, 0.3) is 10.1 Å². The van der Waals surface area contributed by atoms with Crippen molar-refractivity contribution < 1.29 is 38.3 Å². The molecule has 0 bridgehead atoms. The summed E-state index contributed by atoms with van der Waals surface area (Å²) < 4.78 is 5.73. The second-order valence-corrected chi connectivity index (χ2v) is 15.1. The number of benzene rings is 2. The minimum absolute atomic E-state index is 0.0619. The Morgan fingerprint density at radius 3 is 2.43 bits per heavy atom. The van der Waals surface area contributed by atoms with E-state index in [0.717, 1.165) is 26.8 Å². The number of thiophene rings is 1. The zero-order valence-corrected chi connectivity index (χ0v) is 33.3. The lowest BCUT2D eigenvalue weighted by Gasteiger charge is -2.37. The number of nitrogens with zero attached hydrogens (tertiary/aromatic N) is 1. The van der Waals surface area contributed by atoms with Gasteiger partial charge in [0.25, 0.3) is 0 Å². The van der Waals surface area contributed by atoms with Gasteiger partial charge in [-0.15, -0.1) is 22.9 Å². The number of Topliss-reactive ketones (excluding diaryl/α,β-unsaturated/α-hetero) is 1. The molecule has 1 aliphatic heterocycles. The van der Waals surface area contributed by atoms with Crippen LogP contribution in [-0.4, -0.2) is 90.5 Å². The summed E-state index contributed by atoms with van der Waals surface area (Å²) in [6.45, 7) is 2.65. The normalized spacial score (nSPS) is 15.6. The molecule has 3 aromatic rings. The van der Waals surface area contributed by atoms with E-state index in [-0.39, 0.29) is 63.4 Å². The predicted octanol–water partition coefficient (Wildman–Crippen LogP) is 3.64. The molecule has 1 fully saturated rings. The summed E-state index contributed by atoms with van der Waals surface area (Å²) in [5, 5.41) is 13.9. The van der Waals surface area contributed by atoms with Crippen molar-refractivity contribution in [3.63, 3.8) is 0 Å². The number of carbonyl (C=O) groups is 7. The highest BCUT2D eigenvalue weighted by Gasteiger charge is 2.38. The van der Waals surface area contributed by atoms with Gasteiger partial charge in [-0.05, 0) is 73.4 Å². The molecular weight excluding hydrogens is 760 g/mol. The second-order valence-electron chi connectivity index (χ2n) is 13.9. The molecule has 2 heterocycles. The largest absolute Gasteiger partial charge is 0.469 e. The Morgan fingerprint density at radius 2 is 1.71 bits per heavy atom. The van der Waals surface area contributed by atoms with Gasteiger partial charge in [0.2, 0.25) is 23.6 Å². The quantitative estimate of drug-likeness (QED) is 0.0646. The number of primary amides is 1. The zero-order chi connectivity index (χ0) is 40.6. The van der Waals surface area contributed by atoms with Gasteiger partial charge in [-0.25, -0.2) is 4.79 Å². The number of halogens is 1. The van der Waals surface area contributed by atoms with Crippen molar-refractivity contribution >= 4 is 74.4 Å². The fourth-order valence-corrected chi connectivity index (χ4v) is 7.81. The average Bonchev–Trinajstić information content (AvgIpc) is 3.61. The Balaban J connectivity index is 1.58. The maximum Gasteiger partial charge on any atom is 0.312 e. The highest BCUT2D eigenvalue weighted by atomic mass is 35.5. The number of aryl methyl sites for hydroxylation is 1. The first-order chi connectivity index (χ1) is 26.9. The van der Waals surface area contributed by atoms with Gasteiger partial charge in [0.05, 0.1) is 13.2 Å². The molecule has 0 aliphatic carbocycles. The first kappa shape index (κ1) is 43.7. The van der Waals surface area contributed by atoms with Crippen LogP contribution in [0.1, 0.15) is 68.1 Å². The second kappa shape index (κ2) is 21.9. The van der Waals surface area contributed by atoms with Crippen molar-refractivity contribution in [2.45, 2.75) is 89.4 Å². The molecule has 6 N–H and O–H groups in total. The summed E-state index contributed by atoms with van der Waals surface area (Å²) in [5.41, 5.74) is 8.05. The van der Waals surface area contributed by atoms with E-state index in [9.17, 15) is 33.6 Å². The van der Waals surface area contributed by atoms with Gasteiger partial charge < -0.3 is 36.6 Å². The van der Waals surface area contributed by atoms with Crippen molar-refractivity contribution in [2.24, 2.45) is 11.7 Å². The summed E-state index contributed by atoms with van der Waals surface area (Å²) in [6.07, 6.45) is 1.93. The number of carbonyl (C=O) groups excluding carboxylic acids is 7. The number of esters is 1. The number of ketones is 1. The van der Waals surface area contributed by atoms with E-state index in [1.807, 2.05) is 60.8 Å². The molecule has 1 aliphatic rings. The lowest BCUT2D eigenvalue weighted by Crippen LogP contribution is -2.59. The van der Waals surface area contributed by atoms with E-state index in [1.54, 1.807) is 0 Å². The number of likely N-dealkylation sites (tertiary alicyclic amines) is 1. The fourth-order valence-electron chi connectivity index (χ4n) is 6.76. The number of amides is 6. The molecule has 14 nitrogen and oxygen atoms in total. The van der Waals surface area contributed by atoms with Crippen LogP contribution in [0.2, 0.25) is 0 Å². The summed E-state index contributed by atoms with van der Waals surface area (Å²) in [4.78, 5) is 93.2. The molecule has 6 amide bonds. The Morgan fingerprint density at radius 1 is 0.964 bits per heavy atom. The Labute approximate surface area is 335 Å². The minimum atomic E-state index is -1.13. The summed E-state index contributed by atoms with van der Waals surface area (Å²) >= 11 is 7.24. The molecule has 56 heavy (non-hydrogen) atoms. The van der Waals surface area contributed by atoms with Gasteiger partial charge in [-0.3, -0.25) is 28.8 Å². The predicted molar refractivity (Wildman–Crippen MR) is 214 cm³/mol. The number of ether oxygens (including phenoxy) is 1. The highest BCUT2D eigenvalue weighted by Crippen LogP contribution is 2.28. The molecule has 4 rings (SSSR count). The Hall–Kier alpha value is -5.02. The Kier molecular flexibility index (Phi) is 17.1. The molecule has 302 valence electrons. The standard InChI is InChI=1S/C40H51ClN6O8S/c1-25-12-14-26(15-13-25)23-44-37(51)27(8-7-18-43-40(42)54)21-33(48)31(20-28-24-56-34-11-4-3-9-29(28)34)46-38(52)32-10-5-6-19-47(32)39(53)30(45-35(49)22-41)16-17-36(50)55-2/h3-4,9,11-15,24,27,30-32H,5-8,10,16-23H2,1-2H3,(H,44,51)(H,45,49)(H,46,52)(H3,42,43,54)/t27-,30+,31+,32+/m1/s1. The van der Waals surface area contributed by atoms with Gasteiger partial charge in [-0.1, -0.05) is 48.0 Å². The van der Waals surface area contributed by atoms with E-state index >= 15 is 0 Å². The van der Waals surface area contributed by atoms with E-state index < -0.39 is 59.6 Å². The highest BCUT2D eigenvalue weighted by molar-refractivity contribution is 7.17. The number of nitrogens with two attached hydrogens (primary N) is 1. The van der Waals surface area contributed by atoms with Crippen LogP contribution in [0.3, 0.4) is 0 Å². The van der Waals surface area contributed by atoms with Crippen LogP contribution in [0.5, 0.6) is 0 Å². The van der Waals surface area contributed by atoms with Gasteiger partial charge in [-0.2, -0.15) is 0 Å². The summed E-state index contributed by atoms with van der Waals surface area (Å²) in [7, 11) is 1.22. The van der Waals surface area contributed by atoms with Crippen molar-refractivity contribution in [2.75, 3.05) is 26.1 Å². The van der Waals surface area contributed by atoms with Crippen LogP contribution in [0.15, 0.2) is 53.9 Å². The molecule has 1 saturated heterocycles. The third-order valence-corrected chi connectivity index (χ3v) is 11.1. The van der Waals surface area contributed by atoms with Crippen molar-refractivity contribution in [1.82, 2.24) is 26.2 Å². The zero-order valence-electron chi connectivity index (χ0n) is 31.8. The number of nitrogens with one attached hydrogen (secondary N) is 4. The van der Waals surface area contributed by atoms with Crippen LogP contribution in [0.4, 0.5) is 4.79 Å². The van der Waals surface area contributed by atoms with E-state index in [2.05, 4.69) is 21.3 Å². The molecule has 0 spiro atoms. The minimum Gasteiger partial charge on any atom is -0.469 e. The van der Waals surface area contributed by atoms with Gasteiger partial charge in [0, 0.05) is 49.5 Å². The maximum absolute atomic E-state index is 14.4. The molecule has 16 heteroatoms. The maximum atomic E-state index is 14.4. The Bertz CT molecular complexity index is 1850.